The van der Waals surface area contributed by atoms with Gasteiger partial charge in [0.1, 0.15) is 0 Å². The molecule has 0 N–H and O–H groups in total. The van der Waals surface area contributed by atoms with Crippen molar-refractivity contribution in [3.8, 4) is 0 Å². The summed E-state index contributed by atoms with van der Waals surface area (Å²) >= 11 is 0. The highest BCUT2D eigenvalue weighted by Gasteiger charge is 2.49. The van der Waals surface area contributed by atoms with Crippen LogP contribution in [0.4, 0.5) is 0 Å². The first kappa shape index (κ1) is 13.7. The first-order valence-electron chi connectivity index (χ1n) is 7.00. The van der Waals surface area contributed by atoms with Crippen molar-refractivity contribution in [1.29, 1.82) is 0 Å². The van der Waals surface area contributed by atoms with E-state index in [1.807, 2.05) is 30.0 Å². The van der Waals surface area contributed by atoms with Crippen LogP contribution in [0.3, 0.4) is 0 Å². The van der Waals surface area contributed by atoms with Gasteiger partial charge in [-0.25, -0.2) is 0 Å². The molecule has 1 fully saturated rings. The van der Waals surface area contributed by atoms with Gasteiger partial charge in [-0.15, -0.1) is 5.10 Å². The van der Waals surface area contributed by atoms with Crippen LogP contribution in [0.25, 0.3) is 0 Å². The SMILES string of the molecule is Cc1ccc(C(=O)N2CC(C)(C)C2c2ccncc2)nn1. The number of pyridine rings is 1. The number of nitrogens with zero attached hydrogens (tertiary/aromatic N) is 4. The molecule has 0 saturated carbocycles. The zero-order chi connectivity index (χ0) is 15.0. The number of likely N-dealkylation sites (tertiary alicyclic amines) is 1. The molecule has 2 aromatic rings. The van der Waals surface area contributed by atoms with Gasteiger partial charge in [-0.05, 0) is 36.8 Å². The van der Waals surface area contributed by atoms with Crippen LogP contribution in [0.15, 0.2) is 36.7 Å². The highest BCUT2D eigenvalue weighted by molar-refractivity contribution is 5.93. The Morgan fingerprint density at radius 1 is 1.19 bits per heavy atom. The molecule has 0 spiro atoms. The summed E-state index contributed by atoms with van der Waals surface area (Å²) in [7, 11) is 0. The maximum absolute atomic E-state index is 12.6. The van der Waals surface area contributed by atoms with Gasteiger partial charge in [-0.1, -0.05) is 13.8 Å². The number of rotatable bonds is 2. The van der Waals surface area contributed by atoms with Crippen molar-refractivity contribution >= 4 is 5.91 Å². The van der Waals surface area contributed by atoms with Crippen LogP contribution >= 0.6 is 0 Å². The maximum atomic E-state index is 12.6. The van der Waals surface area contributed by atoms with Crippen molar-refractivity contribution in [2.75, 3.05) is 6.54 Å². The molecule has 1 atom stereocenters. The lowest BCUT2D eigenvalue weighted by Crippen LogP contribution is -2.58. The Labute approximate surface area is 124 Å². The zero-order valence-electron chi connectivity index (χ0n) is 12.4. The molecule has 1 saturated heterocycles. The number of amides is 1. The molecular weight excluding hydrogens is 264 g/mol. The van der Waals surface area contributed by atoms with Crippen LogP contribution in [0.5, 0.6) is 0 Å². The Morgan fingerprint density at radius 3 is 2.48 bits per heavy atom. The first-order chi connectivity index (χ1) is 9.99. The largest absolute Gasteiger partial charge is 0.329 e. The number of carbonyl (C=O) groups is 1. The molecule has 0 radical (unpaired) electrons. The molecule has 5 heteroatoms. The number of aromatic nitrogens is 3. The summed E-state index contributed by atoms with van der Waals surface area (Å²) in [5.74, 6) is -0.0661. The fraction of sp³-hybridized carbons (Fsp3) is 0.375. The van der Waals surface area contributed by atoms with Crippen LogP contribution in [0.1, 0.15) is 41.6 Å². The molecule has 0 aromatic carbocycles. The zero-order valence-corrected chi connectivity index (χ0v) is 12.4. The van der Waals surface area contributed by atoms with E-state index in [2.05, 4.69) is 29.0 Å². The van der Waals surface area contributed by atoms with E-state index in [4.69, 9.17) is 0 Å². The minimum absolute atomic E-state index is 0.0507. The van der Waals surface area contributed by atoms with Gasteiger partial charge in [0.25, 0.3) is 5.91 Å². The van der Waals surface area contributed by atoms with Crippen LogP contribution in [-0.2, 0) is 0 Å². The molecule has 1 unspecified atom stereocenters. The quantitative estimate of drug-likeness (QED) is 0.848. The second-order valence-corrected chi connectivity index (χ2v) is 6.16. The monoisotopic (exact) mass is 282 g/mol. The topological polar surface area (TPSA) is 59.0 Å². The number of carbonyl (C=O) groups excluding carboxylic acids is 1. The molecule has 108 valence electrons. The Balaban J connectivity index is 1.89. The van der Waals surface area contributed by atoms with E-state index in [1.54, 1.807) is 18.5 Å². The molecule has 1 aliphatic rings. The Kier molecular flexibility index (Phi) is 3.20. The Morgan fingerprint density at radius 2 is 1.90 bits per heavy atom. The van der Waals surface area contributed by atoms with Crippen molar-refractivity contribution in [1.82, 2.24) is 20.1 Å². The third kappa shape index (κ3) is 2.39. The maximum Gasteiger partial charge on any atom is 0.274 e. The number of hydrogen-bond donors (Lipinski definition) is 0. The van der Waals surface area contributed by atoms with Crippen molar-refractivity contribution < 1.29 is 4.79 Å². The number of hydrogen-bond acceptors (Lipinski definition) is 4. The first-order valence-corrected chi connectivity index (χ1v) is 7.00. The van der Waals surface area contributed by atoms with E-state index in [9.17, 15) is 4.79 Å². The predicted molar refractivity (Wildman–Crippen MR) is 78.6 cm³/mol. The van der Waals surface area contributed by atoms with E-state index in [-0.39, 0.29) is 17.4 Å². The predicted octanol–water partition coefficient (Wildman–Crippen LogP) is 2.40. The fourth-order valence-corrected chi connectivity index (χ4v) is 2.95. The highest BCUT2D eigenvalue weighted by atomic mass is 16.2. The number of aryl methyl sites for hydroxylation is 1. The van der Waals surface area contributed by atoms with Gasteiger partial charge in [-0.2, -0.15) is 5.10 Å². The van der Waals surface area contributed by atoms with Gasteiger partial charge in [0, 0.05) is 24.4 Å². The summed E-state index contributed by atoms with van der Waals surface area (Å²) in [5, 5.41) is 7.97. The molecule has 3 rings (SSSR count). The normalized spacial score (nSPS) is 20.0. The van der Waals surface area contributed by atoms with E-state index in [0.29, 0.717) is 12.2 Å². The summed E-state index contributed by atoms with van der Waals surface area (Å²) in [6.45, 7) is 6.91. The lowest BCUT2D eigenvalue weighted by atomic mass is 9.71. The third-order valence-electron chi connectivity index (χ3n) is 3.93. The van der Waals surface area contributed by atoms with E-state index >= 15 is 0 Å². The second-order valence-electron chi connectivity index (χ2n) is 6.16. The van der Waals surface area contributed by atoms with Crippen molar-refractivity contribution in [2.45, 2.75) is 26.8 Å². The van der Waals surface area contributed by atoms with E-state index in [1.165, 1.54) is 0 Å². The summed E-state index contributed by atoms with van der Waals surface area (Å²) in [6, 6.07) is 7.53. The lowest BCUT2D eigenvalue weighted by molar-refractivity contribution is -0.0327. The van der Waals surface area contributed by atoms with Crippen LogP contribution in [0.2, 0.25) is 0 Å². The van der Waals surface area contributed by atoms with Crippen LogP contribution in [-0.4, -0.2) is 32.5 Å². The second kappa shape index (κ2) is 4.91. The molecule has 5 nitrogen and oxygen atoms in total. The summed E-state index contributed by atoms with van der Waals surface area (Å²) in [6.07, 6.45) is 3.52. The molecule has 2 aromatic heterocycles. The Hall–Kier alpha value is -2.30. The summed E-state index contributed by atoms with van der Waals surface area (Å²) < 4.78 is 0. The van der Waals surface area contributed by atoms with E-state index < -0.39 is 0 Å². The smallest absolute Gasteiger partial charge is 0.274 e. The highest BCUT2D eigenvalue weighted by Crippen LogP contribution is 2.48. The minimum Gasteiger partial charge on any atom is -0.329 e. The molecule has 1 amide bonds. The molecule has 21 heavy (non-hydrogen) atoms. The molecule has 3 heterocycles. The average molecular weight is 282 g/mol. The van der Waals surface area contributed by atoms with Crippen LogP contribution in [0, 0.1) is 12.3 Å². The summed E-state index contributed by atoms with van der Waals surface area (Å²) in [4.78, 5) is 18.5. The third-order valence-corrected chi connectivity index (χ3v) is 3.93. The molecule has 0 bridgehead atoms. The van der Waals surface area contributed by atoms with Gasteiger partial charge in [0.2, 0.25) is 0 Å². The average Bonchev–Trinajstić information content (AvgIpc) is 2.46. The molecule has 1 aliphatic heterocycles. The van der Waals surface area contributed by atoms with Gasteiger partial charge in [0.05, 0.1) is 11.7 Å². The molecular formula is C16H18N4O. The van der Waals surface area contributed by atoms with Gasteiger partial charge < -0.3 is 4.90 Å². The van der Waals surface area contributed by atoms with Gasteiger partial charge >= 0.3 is 0 Å². The molecule has 0 aliphatic carbocycles. The fourth-order valence-electron chi connectivity index (χ4n) is 2.95. The van der Waals surface area contributed by atoms with Gasteiger partial charge in [0.15, 0.2) is 5.69 Å². The standard InChI is InChI=1S/C16H18N4O/c1-11-4-5-13(19-18-11)15(21)20-10-16(2,3)14(20)12-6-8-17-9-7-12/h4-9,14H,10H2,1-3H3. The summed E-state index contributed by atoms with van der Waals surface area (Å²) in [5.41, 5.74) is 2.36. The Bertz CT molecular complexity index is 652. The van der Waals surface area contributed by atoms with Crippen molar-refractivity contribution in [3.63, 3.8) is 0 Å². The lowest BCUT2D eigenvalue weighted by Gasteiger charge is -2.54. The minimum atomic E-state index is -0.0661. The van der Waals surface area contributed by atoms with Crippen LogP contribution < -0.4 is 0 Å². The van der Waals surface area contributed by atoms with Gasteiger partial charge in [-0.3, -0.25) is 9.78 Å². The van der Waals surface area contributed by atoms with E-state index in [0.717, 1.165) is 11.3 Å². The van der Waals surface area contributed by atoms with Crippen molar-refractivity contribution in [3.05, 3.63) is 53.6 Å². The van der Waals surface area contributed by atoms with Crippen molar-refractivity contribution in [2.24, 2.45) is 5.41 Å².